The van der Waals surface area contributed by atoms with Crippen LogP contribution in [0.15, 0.2) is 85.2 Å². The van der Waals surface area contributed by atoms with Crippen LogP contribution in [-0.2, 0) is 11.2 Å². The molecule has 0 saturated carbocycles. The Balaban J connectivity index is 1.56. The highest BCUT2D eigenvalue weighted by atomic mass is 19.1. The summed E-state index contributed by atoms with van der Waals surface area (Å²) in [6, 6.07) is 22.4. The molecule has 2 aromatic heterocycles. The number of rotatable bonds is 5. The average molecular weight is 359 g/mol. The molecule has 27 heavy (non-hydrogen) atoms. The number of carbonyl (C=O) groups excluding carboxylic acids is 1. The Morgan fingerprint density at radius 1 is 0.926 bits per heavy atom. The Bertz CT molecular complexity index is 1020. The Morgan fingerprint density at radius 2 is 1.56 bits per heavy atom. The summed E-state index contributed by atoms with van der Waals surface area (Å²) in [5.41, 5.74) is 3.23. The smallest absolute Gasteiger partial charge is 0.226 e. The molecule has 2 heterocycles. The molecule has 0 saturated heterocycles. The van der Waals surface area contributed by atoms with Gasteiger partial charge in [-0.1, -0.05) is 60.7 Å². The Morgan fingerprint density at radius 3 is 2.19 bits per heavy atom. The molecule has 0 aliphatic heterocycles. The van der Waals surface area contributed by atoms with Gasteiger partial charge in [0.15, 0.2) is 0 Å². The maximum atomic E-state index is 13.3. The van der Waals surface area contributed by atoms with Crippen molar-refractivity contribution in [2.75, 3.05) is 0 Å². The van der Waals surface area contributed by atoms with Gasteiger partial charge in [0.1, 0.15) is 11.5 Å². The molecule has 0 radical (unpaired) electrons. The molecule has 0 aliphatic rings. The molecule has 0 fully saturated rings. The number of carbonyl (C=O) groups is 1. The van der Waals surface area contributed by atoms with Crippen LogP contribution in [-0.4, -0.2) is 15.3 Å². The second-order valence-electron chi connectivity index (χ2n) is 6.34. The van der Waals surface area contributed by atoms with Crippen LogP contribution in [0.3, 0.4) is 0 Å². The number of pyridine rings is 1. The van der Waals surface area contributed by atoms with Crippen LogP contribution in [0.1, 0.15) is 22.9 Å². The lowest BCUT2D eigenvalue weighted by molar-refractivity contribution is -0.121. The zero-order chi connectivity index (χ0) is 18.6. The predicted molar refractivity (Wildman–Crippen MR) is 102 cm³/mol. The molecule has 2 aromatic carbocycles. The fraction of sp³-hybridized carbons (Fsp3) is 0.0909. The van der Waals surface area contributed by atoms with Crippen molar-refractivity contribution in [2.45, 2.75) is 12.5 Å². The van der Waals surface area contributed by atoms with Crippen LogP contribution in [0.2, 0.25) is 0 Å². The van der Waals surface area contributed by atoms with E-state index in [2.05, 4.69) is 10.3 Å². The van der Waals surface area contributed by atoms with E-state index in [1.165, 1.54) is 12.3 Å². The first-order valence-electron chi connectivity index (χ1n) is 8.71. The molecule has 0 bridgehead atoms. The number of halogens is 1. The van der Waals surface area contributed by atoms with Gasteiger partial charge in [-0.05, 0) is 23.3 Å². The van der Waals surface area contributed by atoms with E-state index in [-0.39, 0.29) is 24.2 Å². The molecule has 1 N–H and O–H groups in total. The standard InChI is InChI=1S/C22H18FN3O/c23-18-11-12-20-24-19(15-26(20)14-18)13-21(27)25-22(16-7-3-1-4-8-16)17-9-5-2-6-10-17/h1-12,14-15,22H,13H2,(H,25,27). The first-order chi connectivity index (χ1) is 13.2. The minimum Gasteiger partial charge on any atom is -0.345 e. The van der Waals surface area contributed by atoms with Crippen molar-refractivity contribution in [3.8, 4) is 0 Å². The number of hydrogen-bond acceptors (Lipinski definition) is 2. The van der Waals surface area contributed by atoms with E-state index in [4.69, 9.17) is 0 Å². The van der Waals surface area contributed by atoms with Crippen molar-refractivity contribution in [3.63, 3.8) is 0 Å². The number of amides is 1. The average Bonchev–Trinajstić information content (AvgIpc) is 3.08. The fourth-order valence-corrected chi connectivity index (χ4v) is 3.13. The Hall–Kier alpha value is -3.47. The number of nitrogens with one attached hydrogen (secondary N) is 1. The quantitative estimate of drug-likeness (QED) is 0.587. The monoisotopic (exact) mass is 359 g/mol. The van der Waals surface area contributed by atoms with Gasteiger partial charge in [-0.25, -0.2) is 9.37 Å². The number of nitrogens with zero attached hydrogens (tertiary/aromatic N) is 2. The van der Waals surface area contributed by atoms with E-state index in [0.717, 1.165) is 11.1 Å². The number of hydrogen-bond donors (Lipinski definition) is 1. The number of fused-ring (bicyclic) bond motifs is 1. The van der Waals surface area contributed by atoms with Crippen molar-refractivity contribution in [3.05, 3.63) is 108 Å². The molecule has 4 aromatic rings. The minimum atomic E-state index is -0.343. The molecular formula is C22H18FN3O. The lowest BCUT2D eigenvalue weighted by Crippen LogP contribution is -2.30. The fourth-order valence-electron chi connectivity index (χ4n) is 3.13. The molecule has 1 amide bonds. The van der Waals surface area contributed by atoms with Crippen LogP contribution < -0.4 is 5.32 Å². The molecule has 0 aliphatic carbocycles. The summed E-state index contributed by atoms with van der Waals surface area (Å²) in [5.74, 6) is -0.485. The van der Waals surface area contributed by atoms with Crippen molar-refractivity contribution < 1.29 is 9.18 Å². The van der Waals surface area contributed by atoms with Crippen LogP contribution in [0, 0.1) is 5.82 Å². The van der Waals surface area contributed by atoms with Crippen molar-refractivity contribution in [1.29, 1.82) is 0 Å². The van der Waals surface area contributed by atoms with Crippen LogP contribution >= 0.6 is 0 Å². The summed E-state index contributed by atoms with van der Waals surface area (Å²) in [5, 5.41) is 3.09. The van der Waals surface area contributed by atoms with Gasteiger partial charge in [0.05, 0.1) is 18.2 Å². The Kier molecular flexibility index (Phi) is 4.66. The molecule has 134 valence electrons. The largest absolute Gasteiger partial charge is 0.345 e. The normalized spacial score (nSPS) is 11.0. The second kappa shape index (κ2) is 7.41. The molecule has 0 spiro atoms. The summed E-state index contributed by atoms with van der Waals surface area (Å²) in [6.45, 7) is 0. The van der Waals surface area contributed by atoms with Crippen LogP contribution in [0.4, 0.5) is 4.39 Å². The SMILES string of the molecule is O=C(Cc1cn2cc(F)ccc2n1)NC(c1ccccc1)c1ccccc1. The van der Waals surface area contributed by atoms with Gasteiger partial charge in [-0.2, -0.15) is 0 Å². The predicted octanol–water partition coefficient (Wildman–Crippen LogP) is 3.92. The number of aromatic nitrogens is 2. The summed E-state index contributed by atoms with van der Waals surface area (Å²) in [7, 11) is 0. The highest BCUT2D eigenvalue weighted by molar-refractivity contribution is 5.79. The van der Waals surface area contributed by atoms with Gasteiger partial charge in [0, 0.05) is 12.4 Å². The van der Waals surface area contributed by atoms with E-state index in [0.29, 0.717) is 11.3 Å². The van der Waals surface area contributed by atoms with E-state index in [9.17, 15) is 9.18 Å². The molecule has 4 rings (SSSR count). The van der Waals surface area contributed by atoms with Gasteiger partial charge in [-0.15, -0.1) is 0 Å². The van der Waals surface area contributed by atoms with Crippen molar-refractivity contribution in [1.82, 2.24) is 14.7 Å². The Labute approximate surface area is 156 Å². The zero-order valence-electron chi connectivity index (χ0n) is 14.5. The van der Waals surface area contributed by atoms with Crippen molar-refractivity contribution >= 4 is 11.6 Å². The zero-order valence-corrected chi connectivity index (χ0v) is 14.5. The van der Waals surface area contributed by atoms with E-state index in [1.807, 2.05) is 60.7 Å². The summed E-state index contributed by atoms with van der Waals surface area (Å²) in [6.07, 6.45) is 3.15. The molecule has 0 atom stereocenters. The second-order valence-corrected chi connectivity index (χ2v) is 6.34. The van der Waals surface area contributed by atoms with Crippen LogP contribution in [0.5, 0.6) is 0 Å². The third-order valence-corrected chi connectivity index (χ3v) is 4.38. The third kappa shape index (κ3) is 3.87. The highest BCUT2D eigenvalue weighted by Gasteiger charge is 2.17. The van der Waals surface area contributed by atoms with Crippen LogP contribution in [0.25, 0.3) is 5.65 Å². The molecule has 4 nitrogen and oxygen atoms in total. The molecule has 0 unspecified atom stereocenters. The maximum Gasteiger partial charge on any atom is 0.226 e. The number of benzene rings is 2. The number of imidazole rings is 1. The van der Waals surface area contributed by atoms with Gasteiger partial charge in [0.25, 0.3) is 0 Å². The topological polar surface area (TPSA) is 46.4 Å². The summed E-state index contributed by atoms with van der Waals surface area (Å²) >= 11 is 0. The first kappa shape index (κ1) is 17.0. The lowest BCUT2D eigenvalue weighted by atomic mass is 9.98. The highest BCUT2D eigenvalue weighted by Crippen LogP contribution is 2.22. The summed E-state index contributed by atoms with van der Waals surface area (Å²) < 4.78 is 14.9. The van der Waals surface area contributed by atoms with Crippen molar-refractivity contribution in [2.24, 2.45) is 0 Å². The molecular weight excluding hydrogens is 341 g/mol. The first-order valence-corrected chi connectivity index (χ1v) is 8.71. The van der Waals surface area contributed by atoms with Gasteiger partial charge < -0.3 is 9.72 Å². The van der Waals surface area contributed by atoms with Gasteiger partial charge in [-0.3, -0.25) is 4.79 Å². The lowest BCUT2D eigenvalue weighted by Gasteiger charge is -2.19. The van der Waals surface area contributed by atoms with Gasteiger partial charge >= 0.3 is 0 Å². The van der Waals surface area contributed by atoms with E-state index in [1.54, 1.807) is 16.7 Å². The third-order valence-electron chi connectivity index (χ3n) is 4.38. The molecule has 5 heteroatoms. The van der Waals surface area contributed by atoms with E-state index >= 15 is 0 Å². The van der Waals surface area contributed by atoms with Gasteiger partial charge in [0.2, 0.25) is 5.91 Å². The maximum absolute atomic E-state index is 13.3. The van der Waals surface area contributed by atoms with E-state index < -0.39 is 0 Å². The summed E-state index contributed by atoms with van der Waals surface area (Å²) in [4.78, 5) is 17.1. The minimum absolute atomic E-state index is 0.124.